The smallest absolute Gasteiger partial charge is 0.323 e. The monoisotopic (exact) mass is 478 g/mol. The molecule has 34 heavy (non-hydrogen) atoms. The molecule has 0 saturated carbocycles. The van der Waals surface area contributed by atoms with E-state index in [0.717, 1.165) is 32.1 Å². The molecule has 0 spiro atoms. The van der Waals surface area contributed by atoms with Crippen LogP contribution >= 0.6 is 0 Å². The second-order valence-corrected chi connectivity index (χ2v) is 8.96. The van der Waals surface area contributed by atoms with E-state index in [1.807, 2.05) is 13.8 Å². The predicted molar refractivity (Wildman–Crippen MR) is 129 cm³/mol. The summed E-state index contributed by atoms with van der Waals surface area (Å²) in [5.74, 6) is -0.969. The third kappa shape index (κ3) is 8.44. The van der Waals surface area contributed by atoms with Gasteiger partial charge in [0.15, 0.2) is 11.2 Å². The fourth-order valence-corrected chi connectivity index (χ4v) is 3.46. The van der Waals surface area contributed by atoms with Gasteiger partial charge in [0.2, 0.25) is 5.95 Å². The molecule has 2 aromatic heterocycles. The van der Waals surface area contributed by atoms with Crippen molar-refractivity contribution in [2.75, 3.05) is 18.9 Å². The Balaban J connectivity index is 2.00. The van der Waals surface area contributed by atoms with Crippen LogP contribution in [0.5, 0.6) is 0 Å². The van der Waals surface area contributed by atoms with Crippen LogP contribution in [0.15, 0.2) is 11.1 Å². The van der Waals surface area contributed by atoms with Gasteiger partial charge in [-0.1, -0.05) is 46.5 Å². The molecule has 2 atom stereocenters. The number of nitrogens with two attached hydrogens (primary N) is 2. The maximum absolute atomic E-state index is 12.2. The molecule has 2 rings (SSSR count). The van der Waals surface area contributed by atoms with Crippen LogP contribution in [0, 0.1) is 11.8 Å². The molecule has 11 heteroatoms. The number of hydrogen-bond acceptors (Lipinski definition) is 9. The highest BCUT2D eigenvalue weighted by molar-refractivity contribution is 5.75. The van der Waals surface area contributed by atoms with Crippen molar-refractivity contribution in [3.63, 3.8) is 0 Å². The fraction of sp³-hybridized carbons (Fsp3) is 0.696. The SMILES string of the molecule is CCCCCCCC(=O)OC[C@H](CCOC(=O)[C@@H](N)C(C)C)Cn1cnc2c(=O)[nH]c(N)nc21. The zero-order valence-corrected chi connectivity index (χ0v) is 20.4. The van der Waals surface area contributed by atoms with Crippen LogP contribution < -0.4 is 17.0 Å². The first-order valence-electron chi connectivity index (χ1n) is 12.0. The summed E-state index contributed by atoms with van der Waals surface area (Å²) in [4.78, 5) is 47.1. The lowest BCUT2D eigenvalue weighted by Crippen LogP contribution is -2.37. The van der Waals surface area contributed by atoms with E-state index in [4.69, 9.17) is 20.9 Å². The Labute approximate surface area is 199 Å². The number of nitrogens with zero attached hydrogens (tertiary/aromatic N) is 3. The van der Waals surface area contributed by atoms with Crippen LogP contribution in [0.2, 0.25) is 0 Å². The van der Waals surface area contributed by atoms with E-state index in [-0.39, 0.29) is 42.5 Å². The molecule has 0 aliphatic carbocycles. The number of unbranched alkanes of at least 4 members (excludes halogenated alkanes) is 4. The molecule has 0 aliphatic heterocycles. The van der Waals surface area contributed by atoms with Gasteiger partial charge in [0.05, 0.1) is 19.5 Å². The van der Waals surface area contributed by atoms with Gasteiger partial charge in [0.1, 0.15) is 6.04 Å². The summed E-state index contributed by atoms with van der Waals surface area (Å²) >= 11 is 0. The van der Waals surface area contributed by atoms with E-state index in [1.54, 1.807) is 4.57 Å². The van der Waals surface area contributed by atoms with Gasteiger partial charge in [0, 0.05) is 18.9 Å². The van der Waals surface area contributed by atoms with Crippen molar-refractivity contribution in [3.8, 4) is 0 Å². The highest BCUT2D eigenvalue weighted by atomic mass is 16.5. The number of nitrogen functional groups attached to an aromatic ring is 1. The Morgan fingerprint density at radius 2 is 1.91 bits per heavy atom. The Bertz CT molecular complexity index is 986. The number of carbonyl (C=O) groups excluding carboxylic acids is 2. The number of anilines is 1. The van der Waals surface area contributed by atoms with Crippen LogP contribution in [0.25, 0.3) is 11.2 Å². The fourth-order valence-electron chi connectivity index (χ4n) is 3.46. The Hall–Kier alpha value is -2.95. The van der Waals surface area contributed by atoms with Crippen molar-refractivity contribution in [2.24, 2.45) is 17.6 Å². The Morgan fingerprint density at radius 1 is 1.18 bits per heavy atom. The first-order chi connectivity index (χ1) is 16.2. The molecule has 0 bridgehead atoms. The number of carbonyl (C=O) groups is 2. The van der Waals surface area contributed by atoms with Crippen molar-refractivity contribution in [2.45, 2.75) is 78.3 Å². The zero-order valence-electron chi connectivity index (χ0n) is 20.4. The number of rotatable bonds is 15. The van der Waals surface area contributed by atoms with E-state index in [2.05, 4.69) is 21.9 Å². The quantitative estimate of drug-likeness (QED) is 0.256. The van der Waals surface area contributed by atoms with Gasteiger partial charge in [-0.15, -0.1) is 0 Å². The maximum atomic E-state index is 12.2. The van der Waals surface area contributed by atoms with Crippen LogP contribution in [-0.2, 0) is 25.6 Å². The highest BCUT2D eigenvalue weighted by Crippen LogP contribution is 2.15. The van der Waals surface area contributed by atoms with Crippen LogP contribution in [0.3, 0.4) is 0 Å². The van der Waals surface area contributed by atoms with Gasteiger partial charge in [-0.3, -0.25) is 19.4 Å². The largest absolute Gasteiger partial charge is 0.465 e. The van der Waals surface area contributed by atoms with Gasteiger partial charge >= 0.3 is 11.9 Å². The lowest BCUT2D eigenvalue weighted by Gasteiger charge is -2.19. The van der Waals surface area contributed by atoms with Crippen molar-refractivity contribution in [3.05, 3.63) is 16.7 Å². The minimum Gasteiger partial charge on any atom is -0.465 e. The molecule has 5 N–H and O–H groups in total. The van der Waals surface area contributed by atoms with Gasteiger partial charge in [0.25, 0.3) is 5.56 Å². The summed E-state index contributed by atoms with van der Waals surface area (Å²) in [5, 5.41) is 0. The molecule has 0 aliphatic rings. The van der Waals surface area contributed by atoms with E-state index >= 15 is 0 Å². The number of esters is 2. The van der Waals surface area contributed by atoms with Crippen molar-refractivity contribution in [1.29, 1.82) is 0 Å². The molecule has 2 aromatic rings. The van der Waals surface area contributed by atoms with Crippen LogP contribution in [-0.4, -0.2) is 50.7 Å². The summed E-state index contributed by atoms with van der Waals surface area (Å²) < 4.78 is 12.5. The normalized spacial score (nSPS) is 13.2. The second kappa shape index (κ2) is 13.7. The summed E-state index contributed by atoms with van der Waals surface area (Å²) in [6.07, 6.45) is 7.52. The van der Waals surface area contributed by atoms with Crippen LogP contribution in [0.4, 0.5) is 5.95 Å². The minimum atomic E-state index is -0.694. The maximum Gasteiger partial charge on any atom is 0.323 e. The van der Waals surface area contributed by atoms with E-state index in [9.17, 15) is 14.4 Å². The number of aromatic amines is 1. The third-order valence-corrected chi connectivity index (χ3v) is 5.67. The third-order valence-electron chi connectivity index (χ3n) is 5.67. The first-order valence-corrected chi connectivity index (χ1v) is 12.0. The van der Waals surface area contributed by atoms with E-state index in [0.29, 0.717) is 25.0 Å². The number of hydrogen-bond donors (Lipinski definition) is 3. The number of imidazole rings is 1. The number of ether oxygens (including phenoxy) is 2. The average molecular weight is 479 g/mol. The molecular weight excluding hydrogens is 440 g/mol. The topological polar surface area (TPSA) is 168 Å². The summed E-state index contributed by atoms with van der Waals surface area (Å²) in [5.41, 5.74) is 11.6. The number of H-pyrrole nitrogens is 1. The second-order valence-electron chi connectivity index (χ2n) is 8.96. The lowest BCUT2D eigenvalue weighted by molar-refractivity contribution is -0.149. The zero-order chi connectivity index (χ0) is 25.1. The standard InChI is InChI=1S/C23H38N6O5/c1-4-5-6-7-8-9-17(30)34-13-16(10-11-33-22(32)18(24)15(2)3)12-29-14-26-19-20(29)27-23(25)28-21(19)31/h14-16,18H,4-13,24H2,1-3H3,(H3,25,27,28,31)/t16-,18+/m1/s1. The lowest BCUT2D eigenvalue weighted by atomic mass is 10.1. The first kappa shape index (κ1) is 27.3. The van der Waals surface area contributed by atoms with Gasteiger partial charge in [-0.05, 0) is 18.8 Å². The molecule has 2 heterocycles. The molecule has 0 fully saturated rings. The van der Waals surface area contributed by atoms with Crippen molar-refractivity contribution >= 4 is 29.1 Å². The number of fused-ring (bicyclic) bond motifs is 1. The molecule has 0 amide bonds. The van der Waals surface area contributed by atoms with Gasteiger partial charge in [-0.25, -0.2) is 4.98 Å². The molecule has 0 unspecified atom stereocenters. The summed E-state index contributed by atoms with van der Waals surface area (Å²) in [6, 6.07) is -0.694. The van der Waals surface area contributed by atoms with E-state index < -0.39 is 17.6 Å². The van der Waals surface area contributed by atoms with Gasteiger partial charge < -0.3 is 25.5 Å². The summed E-state index contributed by atoms with van der Waals surface area (Å²) in [6.45, 7) is 6.46. The highest BCUT2D eigenvalue weighted by Gasteiger charge is 2.21. The molecule has 0 aromatic carbocycles. The minimum absolute atomic E-state index is 0.0121. The predicted octanol–water partition coefficient (Wildman–Crippen LogP) is 2.14. The van der Waals surface area contributed by atoms with Crippen molar-refractivity contribution in [1.82, 2.24) is 19.5 Å². The molecular formula is C23H38N6O5. The summed E-state index contributed by atoms with van der Waals surface area (Å²) in [7, 11) is 0. The number of nitrogens with one attached hydrogen (secondary N) is 1. The molecule has 0 saturated heterocycles. The van der Waals surface area contributed by atoms with Crippen molar-refractivity contribution < 1.29 is 19.1 Å². The van der Waals surface area contributed by atoms with Gasteiger partial charge in [-0.2, -0.15) is 4.98 Å². The Morgan fingerprint density at radius 3 is 2.62 bits per heavy atom. The number of aromatic nitrogens is 4. The van der Waals surface area contributed by atoms with E-state index in [1.165, 1.54) is 6.33 Å². The van der Waals surface area contributed by atoms with Crippen LogP contribution in [0.1, 0.15) is 65.7 Å². The molecule has 190 valence electrons. The molecule has 11 nitrogen and oxygen atoms in total. The molecule has 0 radical (unpaired) electrons. The average Bonchev–Trinajstić information content (AvgIpc) is 3.19. The Kier molecular flexibility index (Phi) is 11.0.